The highest BCUT2D eigenvalue weighted by atomic mass is 35.5. The summed E-state index contributed by atoms with van der Waals surface area (Å²) >= 11 is 6.22. The molecule has 0 aliphatic carbocycles. The Balaban J connectivity index is 1.68. The molecule has 0 aliphatic heterocycles. The van der Waals surface area contributed by atoms with Gasteiger partial charge in [0.1, 0.15) is 0 Å². The van der Waals surface area contributed by atoms with Crippen molar-refractivity contribution in [3.8, 4) is 0 Å². The average molecular weight is 447 g/mol. The molecule has 7 heteroatoms. The van der Waals surface area contributed by atoms with Crippen molar-refractivity contribution < 1.29 is 4.79 Å². The number of amides is 2. The van der Waals surface area contributed by atoms with E-state index in [1.807, 2.05) is 38.1 Å². The number of rotatable bonds is 5. The van der Waals surface area contributed by atoms with Gasteiger partial charge in [-0.1, -0.05) is 35.9 Å². The topological polar surface area (TPSA) is 78.1 Å². The fourth-order valence-electron chi connectivity index (χ4n) is 3.71. The first-order valence-corrected chi connectivity index (χ1v) is 10.6. The Bertz CT molecular complexity index is 1340. The number of benzene rings is 2. The molecule has 0 fully saturated rings. The lowest BCUT2D eigenvalue weighted by atomic mass is 10.0. The smallest absolute Gasteiger partial charge is 0.322 e. The van der Waals surface area contributed by atoms with E-state index < -0.39 is 0 Å². The molecule has 2 amide bonds. The third-order valence-electron chi connectivity index (χ3n) is 5.25. The maximum atomic E-state index is 13.2. The van der Waals surface area contributed by atoms with Gasteiger partial charge in [0.15, 0.2) is 0 Å². The van der Waals surface area contributed by atoms with Crippen LogP contribution in [0.3, 0.4) is 0 Å². The van der Waals surface area contributed by atoms with Crippen LogP contribution in [0.5, 0.6) is 0 Å². The summed E-state index contributed by atoms with van der Waals surface area (Å²) in [5.74, 6) is 0. The predicted octanol–water partition coefficient (Wildman–Crippen LogP) is 5.43. The van der Waals surface area contributed by atoms with Gasteiger partial charge >= 0.3 is 6.03 Å². The standard InChI is InChI=1S/C25H23ClN4O2/c1-16-10-17(2)20-12-19(24(31)28-23(20)11-16)15-30(14-18-6-5-9-27-13-18)25(32)29-22-8-4-3-7-21(22)26/h3-13H,14-15H2,1-2H3,(H,28,31)(H,29,32). The highest BCUT2D eigenvalue weighted by Crippen LogP contribution is 2.22. The number of fused-ring (bicyclic) bond motifs is 1. The third kappa shape index (κ3) is 4.81. The van der Waals surface area contributed by atoms with E-state index in [1.54, 1.807) is 41.6 Å². The molecule has 2 heterocycles. The lowest BCUT2D eigenvalue weighted by molar-refractivity contribution is 0.206. The molecule has 6 nitrogen and oxygen atoms in total. The Labute approximate surface area is 190 Å². The summed E-state index contributed by atoms with van der Waals surface area (Å²) in [5.41, 5.74) is 4.58. The van der Waals surface area contributed by atoms with Gasteiger partial charge < -0.3 is 15.2 Å². The Morgan fingerprint density at radius 3 is 2.66 bits per heavy atom. The number of aromatic nitrogens is 2. The van der Waals surface area contributed by atoms with Gasteiger partial charge in [0, 0.05) is 35.4 Å². The number of hydrogen-bond acceptors (Lipinski definition) is 3. The zero-order valence-corrected chi connectivity index (χ0v) is 18.6. The molecule has 4 rings (SSSR count). The number of pyridine rings is 2. The number of hydrogen-bond donors (Lipinski definition) is 2. The van der Waals surface area contributed by atoms with E-state index in [2.05, 4.69) is 21.4 Å². The van der Waals surface area contributed by atoms with Crippen LogP contribution in [0.2, 0.25) is 5.02 Å². The third-order valence-corrected chi connectivity index (χ3v) is 5.58. The quantitative estimate of drug-likeness (QED) is 0.429. The molecule has 2 N–H and O–H groups in total. The minimum absolute atomic E-state index is 0.129. The summed E-state index contributed by atoms with van der Waals surface area (Å²) in [6, 6.07) is 16.3. The van der Waals surface area contributed by atoms with Crippen LogP contribution in [0.4, 0.5) is 10.5 Å². The van der Waals surface area contributed by atoms with Crippen molar-refractivity contribution in [3.05, 3.63) is 105 Å². The number of carbonyl (C=O) groups excluding carboxylic acids is 1. The van der Waals surface area contributed by atoms with Gasteiger partial charge in [-0.2, -0.15) is 0 Å². The maximum Gasteiger partial charge on any atom is 0.322 e. The van der Waals surface area contributed by atoms with Gasteiger partial charge in [-0.3, -0.25) is 9.78 Å². The Morgan fingerprint density at radius 2 is 1.91 bits per heavy atom. The number of aromatic amines is 1. The summed E-state index contributed by atoms with van der Waals surface area (Å²) in [4.78, 5) is 34.7. The predicted molar refractivity (Wildman–Crippen MR) is 128 cm³/mol. The Kier molecular flexibility index (Phi) is 6.23. The minimum atomic E-state index is -0.359. The second-order valence-electron chi connectivity index (χ2n) is 7.79. The van der Waals surface area contributed by atoms with Crippen LogP contribution >= 0.6 is 11.6 Å². The van der Waals surface area contributed by atoms with E-state index in [9.17, 15) is 9.59 Å². The van der Waals surface area contributed by atoms with Crippen molar-refractivity contribution in [1.29, 1.82) is 0 Å². The van der Waals surface area contributed by atoms with E-state index >= 15 is 0 Å². The highest BCUT2D eigenvalue weighted by molar-refractivity contribution is 6.33. The molecule has 2 aromatic carbocycles. The molecule has 2 aromatic heterocycles. The monoisotopic (exact) mass is 446 g/mol. The first-order valence-electron chi connectivity index (χ1n) is 10.2. The van der Waals surface area contributed by atoms with Crippen LogP contribution in [0.25, 0.3) is 10.9 Å². The SMILES string of the molecule is Cc1cc(C)c2cc(CN(Cc3cccnc3)C(=O)Nc3ccccc3Cl)c(=O)[nH]c2c1. The van der Waals surface area contributed by atoms with E-state index in [4.69, 9.17) is 11.6 Å². The number of H-pyrrole nitrogens is 1. The fraction of sp³-hybridized carbons (Fsp3) is 0.160. The first kappa shape index (κ1) is 21.6. The Hall–Kier alpha value is -3.64. The molecule has 0 aliphatic rings. The number of urea groups is 1. The number of aryl methyl sites for hydroxylation is 2. The van der Waals surface area contributed by atoms with Crippen LogP contribution in [0.15, 0.2) is 71.8 Å². The molecule has 4 aromatic rings. The highest BCUT2D eigenvalue weighted by Gasteiger charge is 2.18. The molecule has 0 radical (unpaired) electrons. The van der Waals surface area contributed by atoms with Crippen molar-refractivity contribution in [3.63, 3.8) is 0 Å². The van der Waals surface area contributed by atoms with Crippen molar-refractivity contribution in [2.45, 2.75) is 26.9 Å². The van der Waals surface area contributed by atoms with Gasteiger partial charge in [-0.25, -0.2) is 4.79 Å². The zero-order valence-electron chi connectivity index (χ0n) is 17.9. The molecule has 0 unspecified atom stereocenters. The van der Waals surface area contributed by atoms with E-state index in [0.717, 1.165) is 27.6 Å². The fourth-order valence-corrected chi connectivity index (χ4v) is 3.89. The summed E-state index contributed by atoms with van der Waals surface area (Å²) in [6.07, 6.45) is 3.38. The second kappa shape index (κ2) is 9.24. The summed E-state index contributed by atoms with van der Waals surface area (Å²) < 4.78 is 0. The van der Waals surface area contributed by atoms with Gasteiger partial charge in [-0.05, 0) is 60.9 Å². The van der Waals surface area contributed by atoms with Gasteiger partial charge in [0.25, 0.3) is 5.56 Å². The molecular weight excluding hydrogens is 424 g/mol. The number of carbonyl (C=O) groups is 1. The first-order chi connectivity index (χ1) is 15.4. The number of para-hydroxylation sites is 1. The minimum Gasteiger partial charge on any atom is -0.322 e. The summed E-state index contributed by atoms with van der Waals surface area (Å²) in [7, 11) is 0. The van der Waals surface area contributed by atoms with Crippen LogP contribution in [0.1, 0.15) is 22.3 Å². The molecule has 0 bridgehead atoms. The Morgan fingerprint density at radius 1 is 1.09 bits per heavy atom. The molecule has 0 atom stereocenters. The number of anilines is 1. The summed E-state index contributed by atoms with van der Waals surface area (Å²) in [5, 5.41) is 4.25. The van der Waals surface area contributed by atoms with E-state index in [-0.39, 0.29) is 24.7 Å². The van der Waals surface area contributed by atoms with Crippen LogP contribution in [-0.4, -0.2) is 20.9 Å². The lowest BCUT2D eigenvalue weighted by Crippen LogP contribution is -2.35. The van der Waals surface area contributed by atoms with Crippen molar-refractivity contribution in [2.75, 3.05) is 5.32 Å². The van der Waals surface area contributed by atoms with Crippen LogP contribution < -0.4 is 10.9 Å². The van der Waals surface area contributed by atoms with Gasteiger partial charge in [0.2, 0.25) is 0 Å². The molecule has 162 valence electrons. The van der Waals surface area contributed by atoms with Crippen LogP contribution in [0, 0.1) is 13.8 Å². The summed E-state index contributed by atoms with van der Waals surface area (Å²) in [6.45, 7) is 4.42. The number of nitrogens with one attached hydrogen (secondary N) is 2. The van der Waals surface area contributed by atoms with Gasteiger partial charge in [0.05, 0.1) is 17.3 Å². The number of nitrogens with zero attached hydrogens (tertiary/aromatic N) is 2. The zero-order chi connectivity index (χ0) is 22.7. The van der Waals surface area contributed by atoms with Crippen molar-refractivity contribution in [1.82, 2.24) is 14.9 Å². The van der Waals surface area contributed by atoms with Crippen LogP contribution in [-0.2, 0) is 13.1 Å². The van der Waals surface area contributed by atoms with Gasteiger partial charge in [-0.15, -0.1) is 0 Å². The molecular formula is C25H23ClN4O2. The molecule has 0 spiro atoms. The molecule has 0 saturated carbocycles. The molecule has 32 heavy (non-hydrogen) atoms. The van der Waals surface area contributed by atoms with Crippen molar-refractivity contribution in [2.24, 2.45) is 0 Å². The van der Waals surface area contributed by atoms with Crippen molar-refractivity contribution >= 4 is 34.2 Å². The second-order valence-corrected chi connectivity index (χ2v) is 8.20. The van der Waals surface area contributed by atoms with E-state index in [0.29, 0.717) is 16.3 Å². The van der Waals surface area contributed by atoms with E-state index in [1.165, 1.54) is 0 Å². The average Bonchev–Trinajstić information content (AvgIpc) is 2.76. The molecule has 0 saturated heterocycles. The normalized spacial score (nSPS) is 10.8. The lowest BCUT2D eigenvalue weighted by Gasteiger charge is -2.23. The largest absolute Gasteiger partial charge is 0.322 e. The number of halogens is 1. The maximum absolute atomic E-state index is 13.2.